The smallest absolute Gasteiger partial charge is 0.159 e. The maximum absolute atomic E-state index is 13.9. The fourth-order valence-electron chi connectivity index (χ4n) is 8.40. The molecule has 5 nitrogen and oxygen atoms in total. The van der Waals surface area contributed by atoms with E-state index in [1.54, 1.807) is 0 Å². The number of Topliss-reactive ketones (excluding diaryl/α,β-unsaturated/α-hetero) is 1. The predicted molar refractivity (Wildman–Crippen MR) is 201 cm³/mol. The maximum Gasteiger partial charge on any atom is 0.159 e. The summed E-state index contributed by atoms with van der Waals surface area (Å²) in [4.78, 5) is 13.9. The standard InChI is InChI=1S/C46H50O5/c1-35-41-24-46(33-50-29-38-18-10-4-11-19-38,34-51-30-39-20-12-5-13-21-39)26-43(41)42-25-45(23-40(42)22-44(35)47,31-48-27-36-14-6-2-7-15-36)32-49-28-37-16-8-3-9-17-37/h2-21,40H,22-34H2,1H3. The summed E-state index contributed by atoms with van der Waals surface area (Å²) in [6, 6.07) is 41.4. The van der Waals surface area contributed by atoms with Gasteiger partial charge in [0.05, 0.1) is 52.9 Å². The average molecular weight is 683 g/mol. The lowest BCUT2D eigenvalue weighted by atomic mass is 9.85. The summed E-state index contributed by atoms with van der Waals surface area (Å²) in [6.45, 7) is 6.56. The second-order valence-electron chi connectivity index (χ2n) is 15.1. The number of ketones is 1. The van der Waals surface area contributed by atoms with E-state index in [0.717, 1.165) is 53.5 Å². The highest BCUT2D eigenvalue weighted by Crippen LogP contribution is 2.57. The van der Waals surface area contributed by atoms with Gasteiger partial charge in [-0.3, -0.25) is 4.79 Å². The SMILES string of the molecule is CC1=C2CC(COCc3ccccc3)(COCc3ccccc3)CC2=C2CC(COCc3ccccc3)(COCc3ccccc3)CC2CC1=O. The van der Waals surface area contributed by atoms with Crippen LogP contribution in [0.25, 0.3) is 0 Å². The van der Waals surface area contributed by atoms with Crippen molar-refractivity contribution in [3.05, 3.63) is 166 Å². The first-order valence-electron chi connectivity index (χ1n) is 18.4. The molecule has 0 amide bonds. The third-order valence-electron chi connectivity index (χ3n) is 11.0. The van der Waals surface area contributed by atoms with E-state index in [1.165, 1.54) is 16.7 Å². The molecule has 0 spiro atoms. The molecule has 0 radical (unpaired) electrons. The molecule has 264 valence electrons. The molecule has 1 atom stereocenters. The summed E-state index contributed by atoms with van der Waals surface area (Å²) in [6.07, 6.45) is 3.92. The molecular weight excluding hydrogens is 633 g/mol. The summed E-state index contributed by atoms with van der Waals surface area (Å²) in [5, 5.41) is 0. The summed E-state index contributed by atoms with van der Waals surface area (Å²) in [5.41, 5.74) is 9.09. The Hall–Kier alpha value is -4.13. The lowest BCUT2D eigenvalue weighted by molar-refractivity contribution is -0.116. The number of carbonyl (C=O) groups is 1. The molecule has 0 aromatic heterocycles. The molecule has 51 heavy (non-hydrogen) atoms. The van der Waals surface area contributed by atoms with Crippen molar-refractivity contribution >= 4 is 5.78 Å². The zero-order valence-corrected chi connectivity index (χ0v) is 29.9. The van der Waals surface area contributed by atoms with E-state index >= 15 is 0 Å². The minimum Gasteiger partial charge on any atom is -0.376 e. The van der Waals surface area contributed by atoms with E-state index < -0.39 is 0 Å². The van der Waals surface area contributed by atoms with Gasteiger partial charge < -0.3 is 18.9 Å². The molecule has 0 heterocycles. The van der Waals surface area contributed by atoms with Crippen LogP contribution in [0.1, 0.15) is 61.3 Å². The predicted octanol–water partition coefficient (Wildman–Crippen LogP) is 9.62. The van der Waals surface area contributed by atoms with E-state index in [4.69, 9.17) is 18.9 Å². The number of allylic oxidation sites excluding steroid dienone is 4. The van der Waals surface area contributed by atoms with Crippen LogP contribution >= 0.6 is 0 Å². The first-order valence-corrected chi connectivity index (χ1v) is 18.4. The van der Waals surface area contributed by atoms with Gasteiger partial charge in [0, 0.05) is 17.3 Å². The average Bonchev–Trinajstić information content (AvgIpc) is 3.69. The van der Waals surface area contributed by atoms with E-state index in [0.29, 0.717) is 59.3 Å². The summed E-state index contributed by atoms with van der Waals surface area (Å²) in [7, 11) is 0. The summed E-state index contributed by atoms with van der Waals surface area (Å²) in [5.74, 6) is 0.437. The highest BCUT2D eigenvalue weighted by Gasteiger charge is 2.50. The lowest BCUT2D eigenvalue weighted by Crippen LogP contribution is -2.30. The molecule has 7 rings (SSSR count). The zero-order chi connectivity index (χ0) is 34.9. The molecule has 0 N–H and O–H groups in total. The maximum atomic E-state index is 13.9. The first kappa shape index (κ1) is 35.3. The molecular formula is C46H50O5. The van der Waals surface area contributed by atoms with Gasteiger partial charge in [-0.15, -0.1) is 0 Å². The normalized spacial score (nSPS) is 19.2. The van der Waals surface area contributed by atoms with Gasteiger partial charge in [-0.05, 0) is 77.5 Å². The third kappa shape index (κ3) is 8.85. The molecule has 2 saturated carbocycles. The molecule has 5 heteroatoms. The number of benzene rings is 4. The Kier molecular flexibility index (Phi) is 11.4. The molecule has 1 unspecified atom stereocenters. The van der Waals surface area contributed by atoms with E-state index in [9.17, 15) is 4.79 Å². The van der Waals surface area contributed by atoms with Crippen LogP contribution in [0, 0.1) is 16.7 Å². The Balaban J connectivity index is 1.15. The van der Waals surface area contributed by atoms with Gasteiger partial charge in [-0.25, -0.2) is 0 Å². The quantitative estimate of drug-likeness (QED) is 0.118. The fraction of sp³-hybridized carbons (Fsp3) is 0.370. The number of hydrogen-bond donors (Lipinski definition) is 0. The molecule has 0 bridgehead atoms. The van der Waals surface area contributed by atoms with Gasteiger partial charge >= 0.3 is 0 Å². The minimum atomic E-state index is -0.260. The number of ether oxygens (including phenoxy) is 4. The van der Waals surface area contributed by atoms with Gasteiger partial charge in [-0.1, -0.05) is 127 Å². The van der Waals surface area contributed by atoms with E-state index in [2.05, 4.69) is 97.1 Å². The molecule has 4 aromatic rings. The van der Waals surface area contributed by atoms with Gasteiger partial charge in [0.15, 0.2) is 5.78 Å². The molecule has 3 aliphatic carbocycles. The van der Waals surface area contributed by atoms with Crippen molar-refractivity contribution in [1.29, 1.82) is 0 Å². The van der Waals surface area contributed by atoms with Gasteiger partial charge in [0.2, 0.25) is 0 Å². The Morgan fingerprint density at radius 1 is 0.510 bits per heavy atom. The van der Waals surface area contributed by atoms with Crippen molar-refractivity contribution < 1.29 is 23.7 Å². The number of rotatable bonds is 16. The fourth-order valence-corrected chi connectivity index (χ4v) is 8.40. The number of carbonyl (C=O) groups excluding carboxylic acids is 1. The van der Waals surface area contributed by atoms with Gasteiger partial charge in [0.1, 0.15) is 0 Å². The molecule has 0 saturated heterocycles. The van der Waals surface area contributed by atoms with Crippen molar-refractivity contribution in [3.8, 4) is 0 Å². The van der Waals surface area contributed by atoms with Crippen molar-refractivity contribution in [1.82, 2.24) is 0 Å². The van der Waals surface area contributed by atoms with Crippen molar-refractivity contribution in [3.63, 3.8) is 0 Å². The minimum absolute atomic E-state index is 0.173. The first-order chi connectivity index (χ1) is 25.0. The lowest BCUT2D eigenvalue weighted by Gasteiger charge is -2.29. The molecule has 0 aliphatic heterocycles. The summed E-state index contributed by atoms with van der Waals surface area (Å²) >= 11 is 0. The molecule has 3 aliphatic rings. The van der Waals surface area contributed by atoms with Crippen LogP contribution in [-0.2, 0) is 50.2 Å². The number of fused-ring (bicyclic) bond motifs is 2. The van der Waals surface area contributed by atoms with E-state index in [-0.39, 0.29) is 22.5 Å². The summed E-state index contributed by atoms with van der Waals surface area (Å²) < 4.78 is 26.0. The van der Waals surface area contributed by atoms with E-state index in [1.807, 2.05) is 31.2 Å². The van der Waals surface area contributed by atoms with Crippen molar-refractivity contribution in [2.45, 2.75) is 65.5 Å². The van der Waals surface area contributed by atoms with Crippen LogP contribution in [0.4, 0.5) is 0 Å². The Morgan fingerprint density at radius 2 is 0.882 bits per heavy atom. The van der Waals surface area contributed by atoms with Crippen molar-refractivity contribution in [2.24, 2.45) is 16.7 Å². The second kappa shape index (κ2) is 16.5. The second-order valence-corrected chi connectivity index (χ2v) is 15.1. The van der Waals surface area contributed by atoms with Gasteiger partial charge in [-0.2, -0.15) is 0 Å². The van der Waals surface area contributed by atoms with Crippen molar-refractivity contribution in [2.75, 3.05) is 26.4 Å². The van der Waals surface area contributed by atoms with Crippen LogP contribution in [0.15, 0.2) is 144 Å². The highest BCUT2D eigenvalue weighted by atomic mass is 16.5. The highest BCUT2D eigenvalue weighted by molar-refractivity contribution is 5.97. The van der Waals surface area contributed by atoms with Crippen LogP contribution in [-0.4, -0.2) is 32.2 Å². The Labute approximate surface area is 303 Å². The van der Waals surface area contributed by atoms with Gasteiger partial charge in [0.25, 0.3) is 0 Å². The number of hydrogen-bond acceptors (Lipinski definition) is 5. The van der Waals surface area contributed by atoms with Crippen LogP contribution < -0.4 is 0 Å². The topological polar surface area (TPSA) is 54.0 Å². The Morgan fingerprint density at radius 3 is 1.29 bits per heavy atom. The third-order valence-corrected chi connectivity index (χ3v) is 11.0. The van der Waals surface area contributed by atoms with Crippen LogP contribution in [0.5, 0.6) is 0 Å². The monoisotopic (exact) mass is 682 g/mol. The van der Waals surface area contributed by atoms with Crippen LogP contribution in [0.3, 0.4) is 0 Å². The van der Waals surface area contributed by atoms with Crippen LogP contribution in [0.2, 0.25) is 0 Å². The molecule has 2 fully saturated rings. The Bertz CT molecular complexity index is 1700. The zero-order valence-electron chi connectivity index (χ0n) is 29.9. The molecule has 4 aromatic carbocycles. The largest absolute Gasteiger partial charge is 0.376 e.